The number of nitriles is 1. The summed E-state index contributed by atoms with van der Waals surface area (Å²) in [5.74, 6) is 0. The normalized spacial score (nSPS) is 7.55. The van der Waals surface area contributed by atoms with Gasteiger partial charge in [0.05, 0.1) is 11.6 Å². The summed E-state index contributed by atoms with van der Waals surface area (Å²) in [6.07, 6.45) is 0. The standard InChI is InChI=1S/C8H4N2O/c9-5-7-1-3-8(4-2-7)6-10-11/h1-4H. The summed E-state index contributed by atoms with van der Waals surface area (Å²) in [5.41, 5.74) is 1.14. The molecule has 3 heteroatoms. The molecule has 3 nitrogen and oxygen atoms in total. The van der Waals surface area contributed by atoms with Gasteiger partial charge in [-0.1, -0.05) is 0 Å². The fourth-order valence-electron chi connectivity index (χ4n) is 0.672. The number of hydrogen-bond acceptors (Lipinski definition) is 2. The summed E-state index contributed by atoms with van der Waals surface area (Å²) < 4.78 is 0. The van der Waals surface area contributed by atoms with Gasteiger partial charge in [-0.05, 0) is 24.3 Å². The lowest BCUT2D eigenvalue weighted by molar-refractivity contribution is 1.48. The molecule has 0 unspecified atom stereocenters. The van der Waals surface area contributed by atoms with Gasteiger partial charge in [0.2, 0.25) is 0 Å². The number of nitrogens with zero attached hydrogens (tertiary/aromatic N) is 2. The molecule has 0 aliphatic carbocycles. The largest absolute Gasteiger partial charge is 0.498 e. The smallest absolute Gasteiger partial charge is 0.336 e. The highest BCUT2D eigenvalue weighted by molar-refractivity contribution is 5.38. The average Bonchev–Trinajstić information content (AvgIpc) is 2.07. The predicted octanol–water partition coefficient (Wildman–Crippen LogP) is 1.74. The average molecular weight is 144 g/mol. The third-order valence-electron chi connectivity index (χ3n) is 1.19. The number of benzene rings is 1. The predicted molar refractivity (Wildman–Crippen MR) is 40.9 cm³/mol. The molecule has 1 aromatic carbocycles. The van der Waals surface area contributed by atoms with Crippen LogP contribution in [0, 0.1) is 22.6 Å². The zero-order valence-corrected chi connectivity index (χ0v) is 5.61. The second-order valence-corrected chi connectivity index (χ2v) is 1.89. The number of rotatable bonds is 0. The Bertz CT molecular complexity index is 337. The lowest BCUT2D eigenvalue weighted by Crippen LogP contribution is -1.74. The van der Waals surface area contributed by atoms with E-state index in [0.29, 0.717) is 11.1 Å². The Labute approximate surface area is 63.9 Å². The van der Waals surface area contributed by atoms with Crippen LogP contribution >= 0.6 is 0 Å². The third kappa shape index (κ3) is 1.70. The second-order valence-electron chi connectivity index (χ2n) is 1.89. The van der Waals surface area contributed by atoms with Gasteiger partial charge in [-0.3, -0.25) is 0 Å². The van der Waals surface area contributed by atoms with Crippen molar-refractivity contribution in [2.24, 2.45) is 0 Å². The summed E-state index contributed by atoms with van der Waals surface area (Å²) in [6, 6.07) is 10.6. The first-order valence-corrected chi connectivity index (χ1v) is 2.95. The van der Waals surface area contributed by atoms with Crippen LogP contribution in [0.1, 0.15) is 11.1 Å². The highest BCUT2D eigenvalue weighted by Crippen LogP contribution is 2.01. The molecule has 0 radical (unpaired) electrons. The van der Waals surface area contributed by atoms with E-state index in [9.17, 15) is 5.21 Å². The first kappa shape index (κ1) is 7.11. The van der Waals surface area contributed by atoms with E-state index in [1.165, 1.54) is 0 Å². The minimum atomic E-state index is 0.557. The molecule has 0 aliphatic heterocycles. The molecule has 0 bridgehead atoms. The maximum absolute atomic E-state index is 9.70. The van der Waals surface area contributed by atoms with Gasteiger partial charge in [0.25, 0.3) is 0 Å². The first-order chi connectivity index (χ1) is 5.36. The van der Waals surface area contributed by atoms with Crippen LogP contribution in [0.15, 0.2) is 24.3 Å². The van der Waals surface area contributed by atoms with Crippen molar-refractivity contribution in [1.29, 1.82) is 5.26 Å². The SMILES string of the molecule is N#Cc1ccc(C#[N+][O-])cc1. The second kappa shape index (κ2) is 3.24. The van der Waals surface area contributed by atoms with E-state index in [1.54, 1.807) is 24.3 Å². The molecule has 1 aromatic rings. The summed E-state index contributed by atoms with van der Waals surface area (Å²) in [7, 11) is 0. The Morgan fingerprint density at radius 1 is 1.18 bits per heavy atom. The van der Waals surface area contributed by atoms with Crippen LogP contribution in [-0.4, -0.2) is 0 Å². The maximum atomic E-state index is 9.70. The van der Waals surface area contributed by atoms with Crippen molar-refractivity contribution in [3.8, 4) is 12.1 Å². The van der Waals surface area contributed by atoms with E-state index in [2.05, 4.69) is 11.1 Å². The van der Waals surface area contributed by atoms with Crippen LogP contribution in [0.4, 0.5) is 0 Å². The van der Waals surface area contributed by atoms with Crippen LogP contribution in [0.5, 0.6) is 0 Å². The molecule has 11 heavy (non-hydrogen) atoms. The van der Waals surface area contributed by atoms with Crippen molar-refractivity contribution < 1.29 is 0 Å². The lowest BCUT2D eigenvalue weighted by atomic mass is 10.2. The van der Waals surface area contributed by atoms with Gasteiger partial charge in [0.1, 0.15) is 5.56 Å². The molecule has 0 atom stereocenters. The molecule has 0 saturated carbocycles. The van der Waals surface area contributed by atoms with E-state index < -0.39 is 0 Å². The Hall–Kier alpha value is -2.00. The molecule has 1 rings (SSSR count). The highest BCUT2D eigenvalue weighted by Gasteiger charge is 1.93. The van der Waals surface area contributed by atoms with E-state index in [1.807, 2.05) is 6.07 Å². The van der Waals surface area contributed by atoms with E-state index >= 15 is 0 Å². The molecule has 0 aromatic heterocycles. The van der Waals surface area contributed by atoms with Crippen molar-refractivity contribution in [2.45, 2.75) is 0 Å². The molecular weight excluding hydrogens is 140 g/mol. The van der Waals surface area contributed by atoms with Crippen LogP contribution in [0.3, 0.4) is 0 Å². The summed E-state index contributed by atoms with van der Waals surface area (Å²) in [4.78, 5) is 0. The van der Waals surface area contributed by atoms with Gasteiger partial charge >= 0.3 is 6.07 Å². The summed E-state index contributed by atoms with van der Waals surface area (Å²) in [6.45, 7) is 0. The Morgan fingerprint density at radius 3 is 2.18 bits per heavy atom. The molecule has 0 aliphatic rings. The maximum Gasteiger partial charge on any atom is 0.336 e. The number of hydrogen-bond donors (Lipinski definition) is 0. The van der Waals surface area contributed by atoms with E-state index in [0.717, 1.165) is 0 Å². The first-order valence-electron chi connectivity index (χ1n) is 2.95. The molecule has 0 spiro atoms. The van der Waals surface area contributed by atoms with E-state index in [-0.39, 0.29) is 0 Å². The van der Waals surface area contributed by atoms with Crippen molar-refractivity contribution >= 4 is 0 Å². The molecule has 0 fully saturated rings. The molecule has 52 valence electrons. The van der Waals surface area contributed by atoms with Crippen LogP contribution in [0.25, 0.3) is 5.01 Å². The van der Waals surface area contributed by atoms with Gasteiger partial charge < -0.3 is 5.21 Å². The molecule has 0 N–H and O–H groups in total. The van der Waals surface area contributed by atoms with Crippen molar-refractivity contribution in [3.63, 3.8) is 0 Å². The van der Waals surface area contributed by atoms with Crippen LogP contribution < -0.4 is 0 Å². The van der Waals surface area contributed by atoms with Gasteiger partial charge in [-0.15, -0.1) is 0 Å². The van der Waals surface area contributed by atoms with Crippen molar-refractivity contribution in [2.75, 3.05) is 0 Å². The van der Waals surface area contributed by atoms with Gasteiger partial charge in [0, 0.05) is 5.01 Å². The Balaban J connectivity index is 3.00. The fourth-order valence-corrected chi connectivity index (χ4v) is 0.672. The minimum absolute atomic E-state index is 0.557. The van der Waals surface area contributed by atoms with Crippen molar-refractivity contribution in [1.82, 2.24) is 0 Å². The van der Waals surface area contributed by atoms with Gasteiger partial charge in [-0.25, -0.2) is 0 Å². The quantitative estimate of drug-likeness (QED) is 0.520. The molecule has 0 amide bonds. The Kier molecular flexibility index (Phi) is 2.09. The van der Waals surface area contributed by atoms with Crippen LogP contribution in [-0.2, 0) is 0 Å². The van der Waals surface area contributed by atoms with Crippen molar-refractivity contribution in [3.05, 3.63) is 45.6 Å². The fraction of sp³-hybridized carbons (Fsp3) is 0. The zero-order chi connectivity index (χ0) is 8.10. The third-order valence-corrected chi connectivity index (χ3v) is 1.19. The van der Waals surface area contributed by atoms with Gasteiger partial charge in [0.15, 0.2) is 0 Å². The Morgan fingerprint density at radius 2 is 1.73 bits per heavy atom. The molecule has 0 saturated heterocycles. The highest BCUT2D eigenvalue weighted by atomic mass is 16.4. The summed E-state index contributed by atoms with van der Waals surface area (Å²) in [5, 5.41) is 20.6. The zero-order valence-electron chi connectivity index (χ0n) is 5.61. The molecule has 0 heterocycles. The molecular formula is C8H4N2O. The minimum Gasteiger partial charge on any atom is -0.498 e. The monoisotopic (exact) mass is 144 g/mol. The topological polar surface area (TPSA) is 51.2 Å². The van der Waals surface area contributed by atoms with Gasteiger partial charge in [-0.2, -0.15) is 5.26 Å². The summed E-state index contributed by atoms with van der Waals surface area (Å²) >= 11 is 0. The lowest BCUT2D eigenvalue weighted by Gasteiger charge is -1.84. The van der Waals surface area contributed by atoms with Crippen LogP contribution in [0.2, 0.25) is 0 Å². The van der Waals surface area contributed by atoms with E-state index in [4.69, 9.17) is 5.26 Å².